The molecule has 1 aliphatic rings. The van der Waals surface area contributed by atoms with Gasteiger partial charge in [0, 0.05) is 6.54 Å². The minimum Gasteiger partial charge on any atom is -0.304 e. The monoisotopic (exact) mass is 220 g/mol. The van der Waals surface area contributed by atoms with Crippen molar-refractivity contribution in [3.8, 4) is 0 Å². The summed E-state index contributed by atoms with van der Waals surface area (Å²) < 4.78 is 0. The Bertz CT molecular complexity index is 304. The van der Waals surface area contributed by atoms with Crippen LogP contribution in [0, 0.1) is 0 Å². The Morgan fingerprint density at radius 2 is 1.69 bits per heavy atom. The SMILES string of the molecule is NOCCc1ccc(CN2CCCC2)cc1. The Balaban J connectivity index is 1.86. The number of nitrogens with two attached hydrogens (primary N) is 1. The first-order valence-corrected chi connectivity index (χ1v) is 6.00. The van der Waals surface area contributed by atoms with Gasteiger partial charge in [-0.1, -0.05) is 24.3 Å². The molecule has 1 heterocycles. The van der Waals surface area contributed by atoms with E-state index in [9.17, 15) is 0 Å². The smallest absolute Gasteiger partial charge is 0.0719 e. The quantitative estimate of drug-likeness (QED) is 0.768. The van der Waals surface area contributed by atoms with Gasteiger partial charge >= 0.3 is 0 Å². The maximum Gasteiger partial charge on any atom is 0.0719 e. The lowest BCUT2D eigenvalue weighted by Crippen LogP contribution is -2.18. The molecule has 16 heavy (non-hydrogen) atoms. The lowest BCUT2D eigenvalue weighted by atomic mass is 10.1. The van der Waals surface area contributed by atoms with E-state index in [0.29, 0.717) is 6.61 Å². The summed E-state index contributed by atoms with van der Waals surface area (Å²) in [5.41, 5.74) is 2.69. The summed E-state index contributed by atoms with van der Waals surface area (Å²) in [6.45, 7) is 4.19. The fraction of sp³-hybridized carbons (Fsp3) is 0.538. The van der Waals surface area contributed by atoms with Gasteiger partial charge in [-0.05, 0) is 43.5 Å². The summed E-state index contributed by atoms with van der Waals surface area (Å²) in [6, 6.07) is 8.77. The zero-order valence-corrected chi connectivity index (χ0v) is 9.69. The molecule has 0 aliphatic carbocycles. The summed E-state index contributed by atoms with van der Waals surface area (Å²) in [5.74, 6) is 5.01. The number of hydrogen-bond acceptors (Lipinski definition) is 3. The minimum atomic E-state index is 0.589. The van der Waals surface area contributed by atoms with Gasteiger partial charge in [-0.15, -0.1) is 0 Å². The van der Waals surface area contributed by atoms with Crippen molar-refractivity contribution < 1.29 is 4.84 Å². The molecule has 2 rings (SSSR count). The highest BCUT2D eigenvalue weighted by molar-refractivity contribution is 5.22. The zero-order valence-electron chi connectivity index (χ0n) is 9.69. The molecule has 0 spiro atoms. The van der Waals surface area contributed by atoms with E-state index in [-0.39, 0.29) is 0 Å². The standard InChI is InChI=1S/C13H20N2O/c14-16-10-7-12-3-5-13(6-4-12)11-15-8-1-2-9-15/h3-6H,1-2,7-11,14H2. The van der Waals surface area contributed by atoms with Crippen molar-refractivity contribution in [1.29, 1.82) is 0 Å². The van der Waals surface area contributed by atoms with E-state index < -0.39 is 0 Å². The lowest BCUT2D eigenvalue weighted by molar-refractivity contribution is 0.141. The maximum atomic E-state index is 5.01. The number of hydrogen-bond donors (Lipinski definition) is 1. The van der Waals surface area contributed by atoms with E-state index in [1.54, 1.807) is 0 Å². The maximum absolute atomic E-state index is 5.01. The van der Waals surface area contributed by atoms with Crippen molar-refractivity contribution in [3.63, 3.8) is 0 Å². The summed E-state index contributed by atoms with van der Waals surface area (Å²) in [7, 11) is 0. The molecule has 0 unspecified atom stereocenters. The molecular formula is C13H20N2O. The van der Waals surface area contributed by atoms with Crippen LogP contribution >= 0.6 is 0 Å². The topological polar surface area (TPSA) is 38.5 Å². The van der Waals surface area contributed by atoms with Gasteiger partial charge in [0.25, 0.3) is 0 Å². The van der Waals surface area contributed by atoms with Crippen molar-refractivity contribution >= 4 is 0 Å². The molecule has 1 fully saturated rings. The third-order valence-electron chi connectivity index (χ3n) is 3.14. The van der Waals surface area contributed by atoms with E-state index in [1.807, 2.05) is 0 Å². The zero-order chi connectivity index (χ0) is 11.2. The van der Waals surface area contributed by atoms with Gasteiger partial charge in [0.15, 0.2) is 0 Å². The first-order chi connectivity index (χ1) is 7.88. The Kier molecular flexibility index (Phi) is 4.34. The summed E-state index contributed by atoms with van der Waals surface area (Å²) >= 11 is 0. The largest absolute Gasteiger partial charge is 0.304 e. The summed E-state index contributed by atoms with van der Waals surface area (Å²) in [6.07, 6.45) is 3.60. The predicted molar refractivity (Wildman–Crippen MR) is 64.8 cm³/mol. The van der Waals surface area contributed by atoms with Gasteiger partial charge in [-0.25, -0.2) is 5.90 Å². The molecule has 0 saturated carbocycles. The van der Waals surface area contributed by atoms with Crippen LogP contribution in [0.1, 0.15) is 24.0 Å². The predicted octanol–water partition coefficient (Wildman–Crippen LogP) is 1.72. The normalized spacial score (nSPS) is 16.8. The molecule has 3 nitrogen and oxygen atoms in total. The molecule has 0 radical (unpaired) electrons. The van der Waals surface area contributed by atoms with Crippen LogP contribution < -0.4 is 5.90 Å². The van der Waals surface area contributed by atoms with Gasteiger partial charge in [-0.3, -0.25) is 4.90 Å². The molecule has 0 bridgehead atoms. The fourth-order valence-electron chi connectivity index (χ4n) is 2.19. The van der Waals surface area contributed by atoms with E-state index >= 15 is 0 Å². The molecular weight excluding hydrogens is 200 g/mol. The average molecular weight is 220 g/mol. The Labute approximate surface area is 97.1 Å². The summed E-state index contributed by atoms with van der Waals surface area (Å²) in [4.78, 5) is 7.09. The van der Waals surface area contributed by atoms with Crippen molar-refractivity contribution in [3.05, 3.63) is 35.4 Å². The van der Waals surface area contributed by atoms with E-state index in [0.717, 1.165) is 13.0 Å². The number of rotatable bonds is 5. The second-order valence-electron chi connectivity index (χ2n) is 4.42. The second-order valence-corrected chi connectivity index (χ2v) is 4.42. The third-order valence-corrected chi connectivity index (χ3v) is 3.14. The Morgan fingerprint density at radius 3 is 2.31 bits per heavy atom. The molecule has 0 aromatic heterocycles. The molecule has 88 valence electrons. The van der Waals surface area contributed by atoms with Gasteiger partial charge in [0.1, 0.15) is 0 Å². The van der Waals surface area contributed by atoms with Crippen molar-refractivity contribution in [1.82, 2.24) is 4.90 Å². The Hall–Kier alpha value is -0.900. The fourth-order valence-corrected chi connectivity index (χ4v) is 2.19. The van der Waals surface area contributed by atoms with E-state index in [2.05, 4.69) is 34.0 Å². The van der Waals surface area contributed by atoms with Crippen molar-refractivity contribution in [2.45, 2.75) is 25.8 Å². The van der Waals surface area contributed by atoms with E-state index in [1.165, 1.54) is 37.1 Å². The molecule has 1 aromatic carbocycles. The van der Waals surface area contributed by atoms with Crippen LogP contribution in [0.3, 0.4) is 0 Å². The highest BCUT2D eigenvalue weighted by Crippen LogP contribution is 2.13. The minimum absolute atomic E-state index is 0.589. The average Bonchev–Trinajstić information content (AvgIpc) is 2.81. The number of likely N-dealkylation sites (tertiary alicyclic amines) is 1. The van der Waals surface area contributed by atoms with Crippen LogP contribution in [0.4, 0.5) is 0 Å². The third kappa shape index (κ3) is 3.30. The molecule has 0 amide bonds. The highest BCUT2D eigenvalue weighted by Gasteiger charge is 2.11. The lowest BCUT2D eigenvalue weighted by Gasteiger charge is -2.14. The molecule has 1 saturated heterocycles. The second kappa shape index (κ2) is 5.99. The molecule has 1 aliphatic heterocycles. The first-order valence-electron chi connectivity index (χ1n) is 6.00. The van der Waals surface area contributed by atoms with Crippen LogP contribution in [-0.4, -0.2) is 24.6 Å². The van der Waals surface area contributed by atoms with Crippen LogP contribution in [0.5, 0.6) is 0 Å². The van der Waals surface area contributed by atoms with Crippen LogP contribution in [0.25, 0.3) is 0 Å². The van der Waals surface area contributed by atoms with Crippen LogP contribution in [0.15, 0.2) is 24.3 Å². The van der Waals surface area contributed by atoms with Crippen molar-refractivity contribution in [2.24, 2.45) is 5.90 Å². The van der Waals surface area contributed by atoms with Gasteiger partial charge < -0.3 is 4.84 Å². The van der Waals surface area contributed by atoms with Crippen molar-refractivity contribution in [2.75, 3.05) is 19.7 Å². The molecule has 2 N–H and O–H groups in total. The first kappa shape index (κ1) is 11.6. The van der Waals surface area contributed by atoms with Crippen LogP contribution in [0.2, 0.25) is 0 Å². The summed E-state index contributed by atoms with van der Waals surface area (Å²) in [5, 5.41) is 0. The molecule has 1 aromatic rings. The highest BCUT2D eigenvalue weighted by atomic mass is 16.6. The Morgan fingerprint density at radius 1 is 1.06 bits per heavy atom. The van der Waals surface area contributed by atoms with Gasteiger partial charge in [0.05, 0.1) is 6.61 Å². The van der Waals surface area contributed by atoms with E-state index in [4.69, 9.17) is 5.90 Å². The van der Waals surface area contributed by atoms with Gasteiger partial charge in [0.2, 0.25) is 0 Å². The molecule has 0 atom stereocenters. The van der Waals surface area contributed by atoms with Gasteiger partial charge in [-0.2, -0.15) is 0 Å². The molecule has 3 heteroatoms. The van der Waals surface area contributed by atoms with Crippen LogP contribution in [-0.2, 0) is 17.8 Å². The number of benzene rings is 1. The number of nitrogens with zero attached hydrogens (tertiary/aromatic N) is 1.